The van der Waals surface area contributed by atoms with E-state index in [-0.39, 0.29) is 23.6 Å². The molecule has 1 aromatic carbocycles. The highest BCUT2D eigenvalue weighted by atomic mass is 35.5. The first-order chi connectivity index (χ1) is 14.6. The Balaban J connectivity index is 1.58. The molecule has 0 N–H and O–H groups in total. The second-order valence-electron chi connectivity index (χ2n) is 6.23. The van der Waals surface area contributed by atoms with Crippen LogP contribution in [0.15, 0.2) is 46.2 Å². The van der Waals surface area contributed by atoms with E-state index in [9.17, 15) is 13.2 Å². The topological polar surface area (TPSA) is 52.9 Å². The van der Waals surface area contributed by atoms with Crippen molar-refractivity contribution in [1.82, 2.24) is 4.98 Å². The van der Waals surface area contributed by atoms with Gasteiger partial charge in [-0.2, -0.15) is 13.2 Å². The number of halogens is 7. The van der Waals surface area contributed by atoms with Gasteiger partial charge in [0.15, 0.2) is 6.10 Å². The summed E-state index contributed by atoms with van der Waals surface area (Å²) in [5, 5.41) is 4.60. The Kier molecular flexibility index (Phi) is 7.80. The van der Waals surface area contributed by atoms with E-state index in [1.165, 1.54) is 6.08 Å². The second-order valence-corrected chi connectivity index (χ2v) is 8.05. The minimum Gasteiger partial charge on any atom is -0.489 e. The monoisotopic (exact) mass is 514 g/mol. The van der Waals surface area contributed by atoms with Gasteiger partial charge in [0, 0.05) is 24.2 Å². The summed E-state index contributed by atoms with van der Waals surface area (Å²) in [6, 6.07) is 5.16. The van der Waals surface area contributed by atoms with Crippen molar-refractivity contribution in [3.63, 3.8) is 0 Å². The molecule has 5 nitrogen and oxygen atoms in total. The van der Waals surface area contributed by atoms with Crippen LogP contribution < -0.4 is 9.47 Å². The zero-order valence-corrected chi connectivity index (χ0v) is 18.5. The summed E-state index contributed by atoms with van der Waals surface area (Å²) in [5.74, 6) is 0.450. The van der Waals surface area contributed by atoms with Crippen molar-refractivity contribution in [2.24, 2.45) is 5.16 Å². The lowest BCUT2D eigenvalue weighted by atomic mass is 10.0. The van der Waals surface area contributed by atoms with E-state index in [1.807, 2.05) is 0 Å². The van der Waals surface area contributed by atoms with E-state index < -0.39 is 17.8 Å². The minimum absolute atomic E-state index is 0.0211. The number of hydrogen-bond acceptors (Lipinski definition) is 5. The number of ether oxygens (including phenoxy) is 2. The molecule has 0 saturated heterocycles. The highest BCUT2D eigenvalue weighted by Crippen LogP contribution is 2.34. The van der Waals surface area contributed by atoms with Crippen molar-refractivity contribution < 1.29 is 27.5 Å². The van der Waals surface area contributed by atoms with E-state index in [1.54, 1.807) is 12.1 Å². The van der Waals surface area contributed by atoms with Crippen molar-refractivity contribution in [2.75, 3.05) is 13.2 Å². The zero-order valence-electron chi connectivity index (χ0n) is 15.4. The van der Waals surface area contributed by atoms with E-state index >= 15 is 0 Å². The maximum Gasteiger partial charge on any atom is 0.417 e. The molecule has 0 bridgehead atoms. The molecule has 1 atom stereocenters. The fourth-order valence-electron chi connectivity index (χ4n) is 2.59. The van der Waals surface area contributed by atoms with Gasteiger partial charge in [-0.25, -0.2) is 4.98 Å². The second kappa shape index (κ2) is 10.2. The molecule has 0 aliphatic carbocycles. The van der Waals surface area contributed by atoms with Gasteiger partial charge in [0.25, 0.3) is 0 Å². The predicted molar refractivity (Wildman–Crippen MR) is 113 cm³/mol. The Hall–Kier alpha value is -1.87. The van der Waals surface area contributed by atoms with Crippen LogP contribution >= 0.6 is 46.4 Å². The Bertz CT molecular complexity index is 971. The number of benzene rings is 1. The van der Waals surface area contributed by atoms with E-state index in [2.05, 4.69) is 10.1 Å². The highest BCUT2D eigenvalue weighted by Gasteiger charge is 2.31. The number of aromatic nitrogens is 1. The van der Waals surface area contributed by atoms with Gasteiger partial charge in [-0.3, -0.25) is 0 Å². The van der Waals surface area contributed by atoms with E-state index in [4.69, 9.17) is 60.7 Å². The number of oxime groups is 1. The molecule has 1 unspecified atom stereocenters. The number of pyridine rings is 1. The molecule has 0 amide bonds. The third kappa shape index (κ3) is 6.55. The van der Waals surface area contributed by atoms with Crippen LogP contribution in [0.5, 0.6) is 11.6 Å². The maximum absolute atomic E-state index is 12.6. The van der Waals surface area contributed by atoms with Crippen molar-refractivity contribution in [3.05, 3.63) is 62.2 Å². The van der Waals surface area contributed by atoms with Crippen LogP contribution in [-0.2, 0) is 11.0 Å². The smallest absolute Gasteiger partial charge is 0.417 e. The largest absolute Gasteiger partial charge is 0.489 e. The first-order valence-electron chi connectivity index (χ1n) is 8.65. The fraction of sp³-hybridized carbons (Fsp3) is 0.263. The van der Waals surface area contributed by atoms with Gasteiger partial charge in [-0.05, 0) is 24.3 Å². The molecule has 1 aliphatic heterocycles. The number of rotatable bonds is 7. The highest BCUT2D eigenvalue weighted by molar-refractivity contribution is 6.55. The maximum atomic E-state index is 12.6. The van der Waals surface area contributed by atoms with Crippen LogP contribution in [0.4, 0.5) is 13.2 Å². The van der Waals surface area contributed by atoms with E-state index in [0.29, 0.717) is 39.7 Å². The molecular formula is C19H13Cl4F3N2O3. The predicted octanol–water partition coefficient (Wildman–Crippen LogP) is 6.68. The molecule has 0 fully saturated rings. The minimum atomic E-state index is -4.46. The first-order valence-corrected chi connectivity index (χ1v) is 10.2. The summed E-state index contributed by atoms with van der Waals surface area (Å²) < 4.78 is 48.7. The molecule has 2 heterocycles. The van der Waals surface area contributed by atoms with Crippen molar-refractivity contribution >= 4 is 52.1 Å². The van der Waals surface area contributed by atoms with Crippen LogP contribution in [0.25, 0.3) is 0 Å². The number of hydrogen-bond donors (Lipinski definition) is 0. The molecule has 12 heteroatoms. The van der Waals surface area contributed by atoms with Gasteiger partial charge in [-0.15, -0.1) is 0 Å². The first kappa shape index (κ1) is 23.8. The van der Waals surface area contributed by atoms with Gasteiger partial charge >= 0.3 is 6.18 Å². The van der Waals surface area contributed by atoms with Crippen LogP contribution in [0.1, 0.15) is 17.5 Å². The number of alkyl halides is 3. The zero-order chi connectivity index (χ0) is 22.6. The summed E-state index contributed by atoms with van der Waals surface area (Å²) in [4.78, 5) is 8.97. The van der Waals surface area contributed by atoms with E-state index in [0.717, 1.165) is 12.1 Å². The molecular weight excluding hydrogens is 503 g/mol. The van der Waals surface area contributed by atoms with Gasteiger partial charge in [0.1, 0.15) is 23.5 Å². The van der Waals surface area contributed by atoms with Crippen LogP contribution in [0.2, 0.25) is 10.0 Å². The number of nitrogens with zero attached hydrogens (tertiary/aromatic N) is 2. The molecule has 1 aromatic heterocycles. The lowest BCUT2D eigenvalue weighted by molar-refractivity contribution is -0.137. The third-order valence-corrected chi connectivity index (χ3v) is 4.91. The average Bonchev–Trinajstić information content (AvgIpc) is 3.14. The van der Waals surface area contributed by atoms with Crippen molar-refractivity contribution in [3.8, 4) is 11.6 Å². The summed E-state index contributed by atoms with van der Waals surface area (Å²) in [5.41, 5.74) is 0.122. The molecule has 1 aliphatic rings. The molecule has 0 radical (unpaired) electrons. The molecule has 31 heavy (non-hydrogen) atoms. The summed E-state index contributed by atoms with van der Waals surface area (Å²) >= 11 is 23.7. The molecule has 0 spiro atoms. The molecule has 3 rings (SSSR count). The lowest BCUT2D eigenvalue weighted by Crippen LogP contribution is -2.19. The van der Waals surface area contributed by atoms with Crippen molar-refractivity contribution in [2.45, 2.75) is 18.7 Å². The normalized spacial score (nSPS) is 15.8. The van der Waals surface area contributed by atoms with Gasteiger partial charge in [0.2, 0.25) is 5.88 Å². The Morgan fingerprint density at radius 2 is 1.87 bits per heavy atom. The standard InChI is InChI=1S/C19H13Cl4F3N2O3/c20-13-5-11(29-4-3-16(22)23)6-14(21)18(13)15-7-12(31-28-15)9-30-17-2-1-10(8-27-17)19(24,25)26/h1-3,5-6,8,12H,4,7,9H2. The lowest BCUT2D eigenvalue weighted by Gasteiger charge is -2.12. The quantitative estimate of drug-likeness (QED) is 0.413. The molecule has 0 saturated carbocycles. The molecule has 2 aromatic rings. The average molecular weight is 516 g/mol. The fourth-order valence-corrected chi connectivity index (χ4v) is 3.40. The van der Waals surface area contributed by atoms with Gasteiger partial charge < -0.3 is 14.3 Å². The third-order valence-electron chi connectivity index (χ3n) is 4.01. The summed E-state index contributed by atoms with van der Waals surface area (Å²) in [6.07, 6.45) is -2.46. The van der Waals surface area contributed by atoms with Crippen molar-refractivity contribution in [1.29, 1.82) is 0 Å². The SMILES string of the molecule is FC(F)(F)c1ccc(OCC2CC(c3c(Cl)cc(OCC=C(Cl)Cl)cc3Cl)=NO2)nc1. The Morgan fingerprint density at radius 1 is 1.16 bits per heavy atom. The van der Waals surface area contributed by atoms with Gasteiger partial charge in [-0.1, -0.05) is 51.6 Å². The summed E-state index contributed by atoms with van der Waals surface area (Å²) in [7, 11) is 0. The Morgan fingerprint density at radius 3 is 2.45 bits per heavy atom. The van der Waals surface area contributed by atoms with Crippen LogP contribution in [0.3, 0.4) is 0 Å². The molecule has 166 valence electrons. The van der Waals surface area contributed by atoms with Crippen LogP contribution in [0, 0.1) is 0 Å². The van der Waals surface area contributed by atoms with Gasteiger partial charge in [0.05, 0.1) is 21.3 Å². The summed E-state index contributed by atoms with van der Waals surface area (Å²) in [6.45, 7) is 0.156. The Labute approximate surface area is 195 Å². The van der Waals surface area contributed by atoms with Crippen LogP contribution in [-0.4, -0.2) is 30.0 Å².